The fraction of sp³-hybridized carbons (Fsp3) is 0.0769. The van der Waals surface area contributed by atoms with Crippen molar-refractivity contribution in [3.63, 3.8) is 0 Å². The minimum atomic E-state index is -3.64. The van der Waals surface area contributed by atoms with Crippen LogP contribution in [0.25, 0.3) is 0 Å². The number of halogens is 2. The normalized spacial score (nSPS) is 11.3. The molecule has 19 heavy (non-hydrogen) atoms. The first kappa shape index (κ1) is 14.4. The second-order valence-corrected chi connectivity index (χ2v) is 6.91. The van der Waals surface area contributed by atoms with E-state index >= 15 is 0 Å². The Morgan fingerprint density at radius 3 is 2.53 bits per heavy atom. The Bertz CT molecular complexity index is 716. The van der Waals surface area contributed by atoms with Gasteiger partial charge in [-0.2, -0.15) is 0 Å². The molecule has 0 unspecified atom stereocenters. The molecule has 0 heterocycles. The molecule has 6 heteroatoms. The van der Waals surface area contributed by atoms with E-state index in [4.69, 9.17) is 11.6 Å². The van der Waals surface area contributed by atoms with Gasteiger partial charge in [0, 0.05) is 9.50 Å². The Morgan fingerprint density at radius 1 is 1.16 bits per heavy atom. The topological polar surface area (TPSA) is 46.2 Å². The molecule has 0 spiro atoms. The molecule has 2 aromatic carbocycles. The molecule has 0 saturated carbocycles. The predicted octanol–water partition coefficient (Wildman–Crippen LogP) is 4.21. The smallest absolute Gasteiger partial charge is 0.261 e. The molecule has 3 nitrogen and oxygen atoms in total. The zero-order valence-electron chi connectivity index (χ0n) is 10.0. The van der Waals surface area contributed by atoms with Gasteiger partial charge in [-0.05, 0) is 52.7 Å². The molecule has 0 fully saturated rings. The highest BCUT2D eigenvalue weighted by atomic mass is 79.9. The van der Waals surface area contributed by atoms with Crippen LogP contribution in [0.15, 0.2) is 51.8 Å². The second-order valence-electron chi connectivity index (χ2n) is 4.00. The summed E-state index contributed by atoms with van der Waals surface area (Å²) in [5, 5.41) is 0.381. The highest BCUT2D eigenvalue weighted by Gasteiger charge is 2.16. The Kier molecular flexibility index (Phi) is 4.18. The monoisotopic (exact) mass is 359 g/mol. The van der Waals surface area contributed by atoms with Gasteiger partial charge in [0.15, 0.2) is 0 Å². The maximum Gasteiger partial charge on any atom is 0.261 e. The van der Waals surface area contributed by atoms with Crippen LogP contribution in [0.2, 0.25) is 5.02 Å². The van der Waals surface area contributed by atoms with Crippen LogP contribution in [0.1, 0.15) is 5.56 Å². The number of aryl methyl sites for hydroxylation is 1. The number of hydrogen-bond acceptors (Lipinski definition) is 2. The molecule has 2 aromatic rings. The van der Waals surface area contributed by atoms with Gasteiger partial charge < -0.3 is 0 Å². The maximum absolute atomic E-state index is 12.2. The van der Waals surface area contributed by atoms with Crippen molar-refractivity contribution in [1.29, 1.82) is 0 Å². The van der Waals surface area contributed by atoms with Crippen molar-refractivity contribution in [2.75, 3.05) is 4.72 Å². The molecule has 0 aliphatic carbocycles. The van der Waals surface area contributed by atoms with Gasteiger partial charge in [-0.1, -0.05) is 29.8 Å². The van der Waals surface area contributed by atoms with Crippen LogP contribution >= 0.6 is 27.5 Å². The van der Waals surface area contributed by atoms with Crippen molar-refractivity contribution < 1.29 is 8.42 Å². The lowest BCUT2D eigenvalue weighted by atomic mass is 10.2. The van der Waals surface area contributed by atoms with E-state index in [0.717, 1.165) is 10.0 Å². The van der Waals surface area contributed by atoms with Crippen molar-refractivity contribution in [2.45, 2.75) is 11.8 Å². The van der Waals surface area contributed by atoms with Gasteiger partial charge in [-0.25, -0.2) is 8.42 Å². The number of hydrogen-bond donors (Lipinski definition) is 1. The van der Waals surface area contributed by atoms with E-state index in [-0.39, 0.29) is 4.90 Å². The standard InChI is InChI=1S/C13H11BrClNO2S/c1-9-4-2-7-12(13(9)14)16-19(17,18)11-6-3-5-10(15)8-11/h2-8,16H,1H3. The Hall–Kier alpha value is -1.04. The number of benzene rings is 2. The molecule has 0 saturated heterocycles. The molecule has 0 amide bonds. The minimum absolute atomic E-state index is 0.133. The van der Waals surface area contributed by atoms with E-state index in [1.165, 1.54) is 12.1 Å². The van der Waals surface area contributed by atoms with E-state index in [1.54, 1.807) is 24.3 Å². The van der Waals surface area contributed by atoms with Crippen molar-refractivity contribution >= 4 is 43.2 Å². The number of rotatable bonds is 3. The molecule has 0 atom stereocenters. The number of sulfonamides is 1. The first-order valence-electron chi connectivity index (χ1n) is 5.43. The van der Waals surface area contributed by atoms with Crippen LogP contribution in [0.5, 0.6) is 0 Å². The van der Waals surface area contributed by atoms with E-state index in [2.05, 4.69) is 20.7 Å². The molecule has 0 aliphatic heterocycles. The van der Waals surface area contributed by atoms with E-state index in [1.807, 2.05) is 13.0 Å². The SMILES string of the molecule is Cc1cccc(NS(=O)(=O)c2cccc(Cl)c2)c1Br. The Labute approximate surface area is 125 Å². The first-order chi connectivity index (χ1) is 8.90. The summed E-state index contributed by atoms with van der Waals surface area (Å²) in [5.74, 6) is 0. The maximum atomic E-state index is 12.2. The average molecular weight is 361 g/mol. The molecule has 1 N–H and O–H groups in total. The van der Waals surface area contributed by atoms with Crippen LogP contribution in [-0.4, -0.2) is 8.42 Å². The third-order valence-electron chi connectivity index (χ3n) is 2.54. The van der Waals surface area contributed by atoms with E-state index in [9.17, 15) is 8.42 Å². The summed E-state index contributed by atoms with van der Waals surface area (Å²) in [5.41, 5.74) is 1.45. The Balaban J connectivity index is 2.39. The number of nitrogens with one attached hydrogen (secondary N) is 1. The molecule has 2 rings (SSSR count). The van der Waals surface area contributed by atoms with Crippen LogP contribution in [0.3, 0.4) is 0 Å². The lowest BCUT2D eigenvalue weighted by molar-refractivity contribution is 0.601. The van der Waals surface area contributed by atoms with Crippen molar-refractivity contribution in [3.05, 3.63) is 57.5 Å². The summed E-state index contributed by atoms with van der Waals surface area (Å²) in [6.45, 7) is 1.89. The van der Waals surface area contributed by atoms with Gasteiger partial charge >= 0.3 is 0 Å². The predicted molar refractivity (Wildman–Crippen MR) is 81.1 cm³/mol. The quantitative estimate of drug-likeness (QED) is 0.891. The van der Waals surface area contributed by atoms with Gasteiger partial charge in [-0.15, -0.1) is 0 Å². The highest BCUT2D eigenvalue weighted by molar-refractivity contribution is 9.10. The lowest BCUT2D eigenvalue weighted by Crippen LogP contribution is -2.13. The third-order valence-corrected chi connectivity index (χ3v) is 5.19. The first-order valence-corrected chi connectivity index (χ1v) is 8.09. The summed E-state index contributed by atoms with van der Waals surface area (Å²) in [4.78, 5) is 0.133. The molecule has 100 valence electrons. The van der Waals surface area contributed by atoms with Gasteiger partial charge in [0.2, 0.25) is 0 Å². The molecule has 0 radical (unpaired) electrons. The van der Waals surface area contributed by atoms with Crippen LogP contribution in [-0.2, 0) is 10.0 Å². The van der Waals surface area contributed by atoms with Crippen molar-refractivity contribution in [1.82, 2.24) is 0 Å². The highest BCUT2D eigenvalue weighted by Crippen LogP contribution is 2.28. The van der Waals surface area contributed by atoms with Crippen LogP contribution in [0, 0.1) is 6.92 Å². The fourth-order valence-corrected chi connectivity index (χ4v) is 3.43. The summed E-state index contributed by atoms with van der Waals surface area (Å²) in [6.07, 6.45) is 0. The fourth-order valence-electron chi connectivity index (χ4n) is 1.56. The van der Waals surface area contributed by atoms with Gasteiger partial charge in [0.05, 0.1) is 10.6 Å². The number of anilines is 1. The Morgan fingerprint density at radius 2 is 1.84 bits per heavy atom. The van der Waals surface area contributed by atoms with Gasteiger partial charge in [0.1, 0.15) is 0 Å². The van der Waals surface area contributed by atoms with Crippen molar-refractivity contribution in [3.8, 4) is 0 Å². The van der Waals surface area contributed by atoms with E-state index < -0.39 is 10.0 Å². The van der Waals surface area contributed by atoms with Gasteiger partial charge in [-0.3, -0.25) is 4.72 Å². The van der Waals surface area contributed by atoms with Gasteiger partial charge in [0.25, 0.3) is 10.0 Å². The minimum Gasteiger partial charge on any atom is -0.278 e. The summed E-state index contributed by atoms with van der Waals surface area (Å²) >= 11 is 9.18. The molecule has 0 aliphatic rings. The molecular formula is C13H11BrClNO2S. The second kappa shape index (κ2) is 5.53. The zero-order valence-corrected chi connectivity index (χ0v) is 13.2. The summed E-state index contributed by atoms with van der Waals surface area (Å²) < 4.78 is 27.7. The zero-order chi connectivity index (χ0) is 14.0. The van der Waals surface area contributed by atoms with Crippen molar-refractivity contribution in [2.24, 2.45) is 0 Å². The average Bonchev–Trinajstić information content (AvgIpc) is 2.35. The molecule has 0 bridgehead atoms. The van der Waals surface area contributed by atoms with Crippen LogP contribution < -0.4 is 4.72 Å². The third kappa shape index (κ3) is 3.29. The molecule has 0 aromatic heterocycles. The molecular weight excluding hydrogens is 350 g/mol. The lowest BCUT2D eigenvalue weighted by Gasteiger charge is -2.11. The largest absolute Gasteiger partial charge is 0.278 e. The van der Waals surface area contributed by atoms with Crippen LogP contribution in [0.4, 0.5) is 5.69 Å². The van der Waals surface area contributed by atoms with E-state index in [0.29, 0.717) is 10.7 Å². The summed E-state index contributed by atoms with van der Waals surface area (Å²) in [6, 6.07) is 11.5. The summed E-state index contributed by atoms with van der Waals surface area (Å²) in [7, 11) is -3.64.